The Bertz CT molecular complexity index is 604. The summed E-state index contributed by atoms with van der Waals surface area (Å²) < 4.78 is 1.83. The van der Waals surface area contributed by atoms with Gasteiger partial charge in [-0.1, -0.05) is 82.6 Å². The summed E-state index contributed by atoms with van der Waals surface area (Å²) in [7, 11) is 0. The maximum Gasteiger partial charge on any atom is 0.182 e. The van der Waals surface area contributed by atoms with Crippen LogP contribution in [0.15, 0.2) is 43.0 Å². The SMILES string of the molecule is CCCCCCCCCCCc1ccccc1C(=O)Cn1ccnc1. The smallest absolute Gasteiger partial charge is 0.182 e. The van der Waals surface area contributed by atoms with E-state index in [4.69, 9.17) is 0 Å². The van der Waals surface area contributed by atoms with Gasteiger partial charge in [0.1, 0.15) is 0 Å². The van der Waals surface area contributed by atoms with Crippen LogP contribution >= 0.6 is 0 Å². The van der Waals surface area contributed by atoms with Gasteiger partial charge in [-0.3, -0.25) is 4.79 Å². The third-order valence-corrected chi connectivity index (χ3v) is 4.75. The second-order valence-electron chi connectivity index (χ2n) is 6.89. The number of benzene rings is 1. The predicted octanol–water partition coefficient (Wildman–Crippen LogP) is 5.84. The van der Waals surface area contributed by atoms with Crippen LogP contribution in [0.4, 0.5) is 0 Å². The van der Waals surface area contributed by atoms with E-state index in [1.165, 1.54) is 63.4 Å². The summed E-state index contributed by atoms with van der Waals surface area (Å²) in [4.78, 5) is 16.5. The molecule has 0 saturated heterocycles. The highest BCUT2D eigenvalue weighted by atomic mass is 16.1. The van der Waals surface area contributed by atoms with Gasteiger partial charge >= 0.3 is 0 Å². The number of unbranched alkanes of at least 4 members (excludes halogenated alkanes) is 8. The summed E-state index contributed by atoms with van der Waals surface area (Å²) in [5, 5.41) is 0. The van der Waals surface area contributed by atoms with Crippen molar-refractivity contribution >= 4 is 5.78 Å². The first-order chi connectivity index (χ1) is 12.3. The van der Waals surface area contributed by atoms with Crippen molar-refractivity contribution in [2.75, 3.05) is 0 Å². The number of aromatic nitrogens is 2. The second kappa shape index (κ2) is 11.6. The largest absolute Gasteiger partial charge is 0.330 e. The molecule has 0 unspecified atom stereocenters. The molecular weight excluding hydrogens is 308 g/mol. The molecule has 2 aromatic rings. The number of hydrogen-bond acceptors (Lipinski definition) is 2. The monoisotopic (exact) mass is 340 g/mol. The highest BCUT2D eigenvalue weighted by molar-refractivity contribution is 5.97. The highest BCUT2D eigenvalue weighted by Crippen LogP contribution is 2.16. The predicted molar refractivity (Wildman–Crippen MR) is 104 cm³/mol. The van der Waals surface area contributed by atoms with Crippen molar-refractivity contribution in [3.05, 3.63) is 54.1 Å². The topological polar surface area (TPSA) is 34.9 Å². The Hall–Kier alpha value is -1.90. The fourth-order valence-corrected chi connectivity index (χ4v) is 3.27. The average molecular weight is 341 g/mol. The molecule has 3 heteroatoms. The average Bonchev–Trinajstić information content (AvgIpc) is 3.13. The molecule has 25 heavy (non-hydrogen) atoms. The number of carbonyl (C=O) groups excluding carboxylic acids is 1. The molecule has 0 bridgehead atoms. The molecule has 3 nitrogen and oxygen atoms in total. The van der Waals surface area contributed by atoms with E-state index in [1.807, 2.05) is 29.0 Å². The van der Waals surface area contributed by atoms with Crippen LogP contribution in [0.3, 0.4) is 0 Å². The van der Waals surface area contributed by atoms with Crippen molar-refractivity contribution in [1.29, 1.82) is 0 Å². The number of ketones is 1. The van der Waals surface area contributed by atoms with Crippen molar-refractivity contribution in [3.63, 3.8) is 0 Å². The van der Waals surface area contributed by atoms with Crippen LogP contribution in [-0.4, -0.2) is 15.3 Å². The van der Waals surface area contributed by atoms with Gasteiger partial charge in [-0.2, -0.15) is 0 Å². The quantitative estimate of drug-likeness (QED) is 0.339. The molecular formula is C22H32N2O. The van der Waals surface area contributed by atoms with Gasteiger partial charge in [-0.25, -0.2) is 4.98 Å². The first kappa shape index (κ1) is 19.4. The molecule has 0 fully saturated rings. The number of Topliss-reactive ketones (excluding diaryl/α,β-unsaturated/α-hetero) is 1. The normalized spacial score (nSPS) is 10.9. The van der Waals surface area contributed by atoms with Crippen LogP contribution in [0.25, 0.3) is 0 Å². The Morgan fingerprint density at radius 2 is 1.64 bits per heavy atom. The number of aryl methyl sites for hydroxylation is 1. The van der Waals surface area contributed by atoms with Gasteiger partial charge < -0.3 is 4.57 Å². The van der Waals surface area contributed by atoms with Crippen molar-refractivity contribution < 1.29 is 4.79 Å². The van der Waals surface area contributed by atoms with Crippen LogP contribution in [0, 0.1) is 0 Å². The van der Waals surface area contributed by atoms with Crippen LogP contribution in [0.2, 0.25) is 0 Å². The Kier molecular flexibility index (Phi) is 9.03. The summed E-state index contributed by atoms with van der Waals surface area (Å²) >= 11 is 0. The molecule has 0 aliphatic rings. The number of carbonyl (C=O) groups is 1. The molecule has 1 heterocycles. The minimum absolute atomic E-state index is 0.171. The molecule has 0 aliphatic heterocycles. The van der Waals surface area contributed by atoms with Crippen LogP contribution in [-0.2, 0) is 13.0 Å². The number of rotatable bonds is 13. The van der Waals surface area contributed by atoms with Gasteiger partial charge in [0.25, 0.3) is 0 Å². The van der Waals surface area contributed by atoms with Gasteiger partial charge in [0.15, 0.2) is 5.78 Å². The van der Waals surface area contributed by atoms with Crippen molar-refractivity contribution in [2.45, 2.75) is 77.7 Å². The molecule has 0 N–H and O–H groups in total. The third kappa shape index (κ3) is 7.25. The molecule has 0 amide bonds. The second-order valence-corrected chi connectivity index (χ2v) is 6.89. The maximum atomic E-state index is 12.5. The van der Waals surface area contributed by atoms with Crippen LogP contribution in [0.1, 0.15) is 80.6 Å². The molecule has 136 valence electrons. The molecule has 1 aromatic carbocycles. The van der Waals surface area contributed by atoms with E-state index >= 15 is 0 Å². The minimum Gasteiger partial charge on any atom is -0.330 e. The van der Waals surface area contributed by atoms with Crippen LogP contribution < -0.4 is 0 Å². The fraction of sp³-hybridized carbons (Fsp3) is 0.545. The number of nitrogens with zero attached hydrogens (tertiary/aromatic N) is 2. The summed E-state index contributed by atoms with van der Waals surface area (Å²) in [6.07, 6.45) is 18.2. The minimum atomic E-state index is 0.171. The zero-order valence-electron chi connectivity index (χ0n) is 15.6. The van der Waals surface area contributed by atoms with Crippen LogP contribution in [0.5, 0.6) is 0 Å². The first-order valence-corrected chi connectivity index (χ1v) is 9.88. The molecule has 0 aliphatic carbocycles. The lowest BCUT2D eigenvalue weighted by Gasteiger charge is -2.09. The molecule has 0 atom stereocenters. The van der Waals surface area contributed by atoms with Crippen molar-refractivity contribution in [1.82, 2.24) is 9.55 Å². The number of hydrogen-bond donors (Lipinski definition) is 0. The summed E-state index contributed by atoms with van der Waals surface area (Å²) in [5.41, 5.74) is 2.06. The van der Waals surface area contributed by atoms with E-state index in [-0.39, 0.29) is 5.78 Å². The van der Waals surface area contributed by atoms with Gasteiger partial charge in [0, 0.05) is 18.0 Å². The number of imidazole rings is 1. The summed E-state index contributed by atoms with van der Waals surface area (Å²) in [5.74, 6) is 0.171. The lowest BCUT2D eigenvalue weighted by molar-refractivity contribution is 0.0971. The van der Waals surface area contributed by atoms with Gasteiger partial charge in [-0.05, 0) is 18.4 Å². The van der Waals surface area contributed by atoms with Gasteiger partial charge in [0.05, 0.1) is 12.9 Å². The Labute approximate surface area is 152 Å². The molecule has 0 saturated carbocycles. The Morgan fingerprint density at radius 3 is 2.32 bits per heavy atom. The first-order valence-electron chi connectivity index (χ1n) is 9.88. The zero-order valence-corrected chi connectivity index (χ0v) is 15.6. The highest BCUT2D eigenvalue weighted by Gasteiger charge is 2.11. The van der Waals surface area contributed by atoms with E-state index < -0.39 is 0 Å². The van der Waals surface area contributed by atoms with E-state index in [2.05, 4.69) is 18.0 Å². The fourth-order valence-electron chi connectivity index (χ4n) is 3.27. The molecule has 2 rings (SSSR count). The molecule has 1 aromatic heterocycles. The zero-order chi connectivity index (χ0) is 17.7. The maximum absolute atomic E-state index is 12.5. The lowest BCUT2D eigenvalue weighted by atomic mass is 9.97. The molecule has 0 radical (unpaired) electrons. The van der Waals surface area contributed by atoms with E-state index in [1.54, 1.807) is 12.5 Å². The van der Waals surface area contributed by atoms with Gasteiger partial charge in [0.2, 0.25) is 0 Å². The third-order valence-electron chi connectivity index (χ3n) is 4.75. The van der Waals surface area contributed by atoms with Gasteiger partial charge in [-0.15, -0.1) is 0 Å². The molecule has 0 spiro atoms. The lowest BCUT2D eigenvalue weighted by Crippen LogP contribution is -2.11. The van der Waals surface area contributed by atoms with E-state index in [0.29, 0.717) is 6.54 Å². The van der Waals surface area contributed by atoms with Crippen molar-refractivity contribution in [2.24, 2.45) is 0 Å². The summed E-state index contributed by atoms with van der Waals surface area (Å²) in [6.45, 7) is 2.63. The van der Waals surface area contributed by atoms with Crippen molar-refractivity contribution in [3.8, 4) is 0 Å². The Balaban J connectivity index is 1.70. The van der Waals surface area contributed by atoms with E-state index in [0.717, 1.165) is 12.0 Å². The Morgan fingerprint density at radius 1 is 0.960 bits per heavy atom. The summed E-state index contributed by atoms with van der Waals surface area (Å²) in [6, 6.07) is 8.06. The van der Waals surface area contributed by atoms with E-state index in [9.17, 15) is 4.79 Å². The standard InChI is InChI=1S/C22H32N2O/c1-2-3-4-5-6-7-8-9-10-13-20-14-11-12-15-21(20)22(25)18-24-17-16-23-19-24/h11-12,14-17,19H,2-10,13,18H2,1H3.